The largest absolute Gasteiger partial charge is 0.379 e. The quantitative estimate of drug-likeness (QED) is 0.705. The Morgan fingerprint density at radius 1 is 1.18 bits per heavy atom. The van der Waals surface area contributed by atoms with Crippen molar-refractivity contribution in [2.45, 2.75) is 18.8 Å². The molecule has 100 valence electrons. The monoisotopic (exact) mass is 244 g/mol. The van der Waals surface area contributed by atoms with Crippen LogP contribution in [-0.4, -0.2) is 74.4 Å². The molecule has 0 saturated carbocycles. The zero-order chi connectivity index (χ0) is 12.3. The van der Waals surface area contributed by atoms with E-state index in [2.05, 4.69) is 11.9 Å². The summed E-state index contributed by atoms with van der Waals surface area (Å²) in [5, 5.41) is 10.8. The average Bonchev–Trinajstić information content (AvgIpc) is 2.40. The van der Waals surface area contributed by atoms with Crippen LogP contribution in [0.3, 0.4) is 0 Å². The van der Waals surface area contributed by atoms with Crippen molar-refractivity contribution in [1.82, 2.24) is 9.80 Å². The van der Waals surface area contributed by atoms with E-state index in [4.69, 9.17) is 9.47 Å². The zero-order valence-electron chi connectivity index (χ0n) is 10.9. The van der Waals surface area contributed by atoms with Crippen molar-refractivity contribution >= 4 is 0 Å². The summed E-state index contributed by atoms with van der Waals surface area (Å²) in [5.41, 5.74) is 0. The summed E-state index contributed by atoms with van der Waals surface area (Å²) in [7, 11) is 3.73. The van der Waals surface area contributed by atoms with Gasteiger partial charge in [0, 0.05) is 26.1 Å². The zero-order valence-corrected chi connectivity index (χ0v) is 10.9. The van der Waals surface area contributed by atoms with Crippen molar-refractivity contribution < 1.29 is 14.6 Å². The number of rotatable bonds is 3. The van der Waals surface area contributed by atoms with Crippen LogP contribution in [0.5, 0.6) is 0 Å². The van der Waals surface area contributed by atoms with E-state index in [1.54, 1.807) is 7.11 Å². The summed E-state index contributed by atoms with van der Waals surface area (Å²) < 4.78 is 10.8. The molecule has 0 aromatic rings. The molecule has 2 aliphatic rings. The van der Waals surface area contributed by atoms with E-state index in [0.29, 0.717) is 13.2 Å². The lowest BCUT2D eigenvalue weighted by Gasteiger charge is -2.46. The van der Waals surface area contributed by atoms with Crippen LogP contribution in [-0.2, 0) is 9.47 Å². The Kier molecular flexibility index (Phi) is 4.38. The van der Waals surface area contributed by atoms with Crippen molar-refractivity contribution in [3.05, 3.63) is 0 Å². The van der Waals surface area contributed by atoms with E-state index in [1.807, 2.05) is 4.90 Å². The Bertz CT molecular complexity index is 238. The molecule has 5 heteroatoms. The van der Waals surface area contributed by atoms with Crippen LogP contribution in [0, 0.1) is 5.92 Å². The van der Waals surface area contributed by atoms with Crippen molar-refractivity contribution in [2.24, 2.45) is 5.92 Å². The van der Waals surface area contributed by atoms with Crippen LogP contribution >= 0.6 is 0 Å². The first-order chi connectivity index (χ1) is 8.16. The number of morpholine rings is 1. The second-order valence-corrected chi connectivity index (χ2v) is 5.04. The number of ether oxygens (including phenoxy) is 2. The van der Waals surface area contributed by atoms with E-state index in [1.165, 1.54) is 0 Å². The normalized spacial score (nSPS) is 29.1. The van der Waals surface area contributed by atoms with Crippen molar-refractivity contribution in [3.8, 4) is 0 Å². The summed E-state index contributed by atoms with van der Waals surface area (Å²) >= 11 is 0. The number of hydrogen-bond acceptors (Lipinski definition) is 5. The van der Waals surface area contributed by atoms with Gasteiger partial charge >= 0.3 is 0 Å². The molecule has 0 aromatic heterocycles. The van der Waals surface area contributed by atoms with Gasteiger partial charge in [-0.3, -0.25) is 0 Å². The van der Waals surface area contributed by atoms with Gasteiger partial charge in [0.2, 0.25) is 5.91 Å². The molecule has 0 radical (unpaired) electrons. The number of methoxy groups -OCH3 is 1. The van der Waals surface area contributed by atoms with E-state index < -0.39 is 5.91 Å². The predicted octanol–water partition coefficient (Wildman–Crippen LogP) is -0.0471. The molecular weight excluding hydrogens is 220 g/mol. The number of nitrogens with zero attached hydrogens (tertiary/aromatic N) is 2. The van der Waals surface area contributed by atoms with Gasteiger partial charge in [0.1, 0.15) is 0 Å². The fourth-order valence-corrected chi connectivity index (χ4v) is 2.82. The van der Waals surface area contributed by atoms with Gasteiger partial charge in [0.15, 0.2) is 0 Å². The lowest BCUT2D eigenvalue weighted by molar-refractivity contribution is -0.324. The predicted molar refractivity (Wildman–Crippen MR) is 64.6 cm³/mol. The second-order valence-electron chi connectivity index (χ2n) is 5.04. The first kappa shape index (κ1) is 13.2. The summed E-state index contributed by atoms with van der Waals surface area (Å²) in [6.07, 6.45) is 1.97. The van der Waals surface area contributed by atoms with Crippen molar-refractivity contribution in [1.29, 1.82) is 0 Å². The van der Waals surface area contributed by atoms with Crippen LogP contribution in [0.4, 0.5) is 0 Å². The molecule has 2 heterocycles. The maximum atomic E-state index is 10.8. The molecule has 2 saturated heterocycles. The topological polar surface area (TPSA) is 45.2 Å². The number of likely N-dealkylation sites (tertiary alicyclic amines) is 1. The average molecular weight is 244 g/mol. The Labute approximate surface area is 103 Å². The van der Waals surface area contributed by atoms with Gasteiger partial charge in [0.05, 0.1) is 13.2 Å². The highest BCUT2D eigenvalue weighted by Crippen LogP contribution is 2.32. The molecule has 1 unspecified atom stereocenters. The Morgan fingerprint density at radius 3 is 2.29 bits per heavy atom. The summed E-state index contributed by atoms with van der Waals surface area (Å²) in [5.74, 6) is -0.910. The van der Waals surface area contributed by atoms with Gasteiger partial charge in [-0.15, -0.1) is 0 Å². The molecule has 2 aliphatic heterocycles. The van der Waals surface area contributed by atoms with E-state index in [-0.39, 0.29) is 5.92 Å². The second kappa shape index (κ2) is 5.63. The van der Waals surface area contributed by atoms with Gasteiger partial charge < -0.3 is 19.5 Å². The van der Waals surface area contributed by atoms with Crippen LogP contribution in [0.15, 0.2) is 0 Å². The van der Waals surface area contributed by atoms with Crippen molar-refractivity contribution in [3.63, 3.8) is 0 Å². The maximum Gasteiger partial charge on any atom is 0.230 e. The smallest absolute Gasteiger partial charge is 0.230 e. The summed E-state index contributed by atoms with van der Waals surface area (Å²) in [6, 6.07) is 0. The molecular formula is C12H24N2O3. The van der Waals surface area contributed by atoms with Crippen LogP contribution < -0.4 is 0 Å². The molecule has 0 amide bonds. The Balaban J connectivity index is 2.01. The number of aliphatic hydroxyl groups is 1. The highest BCUT2D eigenvalue weighted by Gasteiger charge is 2.44. The van der Waals surface area contributed by atoms with Gasteiger partial charge in [-0.05, 0) is 33.0 Å². The lowest BCUT2D eigenvalue weighted by Crippen LogP contribution is -2.60. The standard InChI is InChI=1S/C12H24N2O3/c1-13-5-3-11(4-6-13)12(15,16-2)14-7-9-17-10-8-14/h11,15H,3-10H2,1-2H3. The Hall–Kier alpha value is -0.200. The molecule has 0 aliphatic carbocycles. The lowest BCUT2D eigenvalue weighted by atomic mass is 9.92. The van der Waals surface area contributed by atoms with Gasteiger partial charge in [-0.25, -0.2) is 4.90 Å². The van der Waals surface area contributed by atoms with Gasteiger partial charge in [0.25, 0.3) is 0 Å². The molecule has 1 N–H and O–H groups in total. The van der Waals surface area contributed by atoms with E-state index in [0.717, 1.165) is 39.0 Å². The highest BCUT2D eigenvalue weighted by molar-refractivity contribution is 4.84. The fraction of sp³-hybridized carbons (Fsp3) is 1.00. The van der Waals surface area contributed by atoms with Crippen LogP contribution in [0.2, 0.25) is 0 Å². The third-order valence-corrected chi connectivity index (χ3v) is 4.01. The molecule has 2 fully saturated rings. The minimum atomic E-state index is -1.11. The molecule has 2 rings (SSSR count). The minimum Gasteiger partial charge on any atom is -0.379 e. The molecule has 17 heavy (non-hydrogen) atoms. The summed E-state index contributed by atoms with van der Waals surface area (Å²) in [6.45, 7) is 4.91. The first-order valence-corrected chi connectivity index (χ1v) is 6.45. The Morgan fingerprint density at radius 2 is 1.76 bits per heavy atom. The van der Waals surface area contributed by atoms with Gasteiger partial charge in [-0.1, -0.05) is 0 Å². The van der Waals surface area contributed by atoms with Crippen LogP contribution in [0.25, 0.3) is 0 Å². The molecule has 1 atom stereocenters. The third kappa shape index (κ3) is 2.80. The van der Waals surface area contributed by atoms with Crippen LogP contribution in [0.1, 0.15) is 12.8 Å². The molecule has 0 bridgehead atoms. The fourth-order valence-electron chi connectivity index (χ4n) is 2.82. The first-order valence-electron chi connectivity index (χ1n) is 6.45. The third-order valence-electron chi connectivity index (χ3n) is 4.01. The van der Waals surface area contributed by atoms with Crippen molar-refractivity contribution in [2.75, 3.05) is 53.6 Å². The number of hydrogen-bond donors (Lipinski definition) is 1. The maximum absolute atomic E-state index is 10.8. The summed E-state index contributed by atoms with van der Waals surface area (Å²) in [4.78, 5) is 4.32. The minimum absolute atomic E-state index is 0.196. The highest BCUT2D eigenvalue weighted by atomic mass is 16.6. The molecule has 0 spiro atoms. The SMILES string of the molecule is COC(O)(C1CCN(C)CC1)N1CCOCC1. The molecule has 0 aromatic carbocycles. The van der Waals surface area contributed by atoms with Gasteiger partial charge in [-0.2, -0.15) is 0 Å². The van der Waals surface area contributed by atoms with E-state index >= 15 is 0 Å². The molecule has 5 nitrogen and oxygen atoms in total. The van der Waals surface area contributed by atoms with E-state index in [9.17, 15) is 5.11 Å². The number of piperidine rings is 1.